The topological polar surface area (TPSA) is 97.4 Å². The summed E-state index contributed by atoms with van der Waals surface area (Å²) in [5.74, 6) is 0.165. The number of hydrogen-bond donors (Lipinski definition) is 2. The lowest BCUT2D eigenvalue weighted by Gasteiger charge is -2.04. The van der Waals surface area contributed by atoms with Crippen molar-refractivity contribution in [3.05, 3.63) is 64.8 Å². The highest BCUT2D eigenvalue weighted by atomic mass is 32.1. The zero-order valence-electron chi connectivity index (χ0n) is 14.5. The molecule has 0 unspecified atom stereocenters. The molecule has 3 aromatic heterocycles. The molecule has 136 valence electrons. The van der Waals surface area contributed by atoms with Crippen molar-refractivity contribution in [2.24, 2.45) is 0 Å². The number of fused-ring (bicyclic) bond motifs is 1. The van der Waals surface area contributed by atoms with Gasteiger partial charge in [-0.2, -0.15) is 0 Å². The zero-order chi connectivity index (χ0) is 19.0. The predicted octanol–water partition coefficient (Wildman–Crippen LogP) is 4.60. The van der Waals surface area contributed by atoms with E-state index >= 15 is 0 Å². The van der Waals surface area contributed by atoms with Crippen LogP contribution in [-0.4, -0.2) is 16.8 Å². The fourth-order valence-electron chi connectivity index (χ4n) is 2.66. The third-order valence-corrected chi connectivity index (χ3v) is 5.01. The number of furan rings is 1. The number of nitrogens with zero attached hydrogens (tertiary/aromatic N) is 1. The third kappa shape index (κ3) is 3.47. The maximum absolute atomic E-state index is 12.6. The van der Waals surface area contributed by atoms with Gasteiger partial charge in [-0.25, -0.2) is 4.98 Å². The Balaban J connectivity index is 1.51. The van der Waals surface area contributed by atoms with Crippen LogP contribution in [0.4, 0.5) is 10.7 Å². The number of hydrogen-bond acceptors (Lipinski definition) is 6. The molecule has 0 saturated carbocycles. The van der Waals surface area contributed by atoms with Crippen LogP contribution in [0.2, 0.25) is 0 Å². The van der Waals surface area contributed by atoms with Crippen molar-refractivity contribution in [2.75, 3.05) is 10.6 Å². The molecule has 2 N–H and O–H groups in total. The Bertz CT molecular complexity index is 1140. The minimum Gasteiger partial charge on any atom is -0.459 e. The van der Waals surface area contributed by atoms with Crippen molar-refractivity contribution in [1.29, 1.82) is 0 Å². The molecule has 3 heterocycles. The summed E-state index contributed by atoms with van der Waals surface area (Å²) in [6, 6.07) is 10.2. The standard InChI is InChI=1S/C19H15N3O4S/c1-10-8-16(22-18(23)15-4-3-7-25-15)27-17(10)19(24)21-12-5-6-14-13(9-12)20-11(2)26-14/h3-9H,1-2H3,(H,21,24)(H,22,23). The van der Waals surface area contributed by atoms with Gasteiger partial charge in [-0.15, -0.1) is 11.3 Å². The van der Waals surface area contributed by atoms with Gasteiger partial charge in [0.15, 0.2) is 17.2 Å². The normalized spacial score (nSPS) is 10.9. The number of carbonyl (C=O) groups is 2. The molecular weight excluding hydrogens is 366 g/mol. The first-order valence-electron chi connectivity index (χ1n) is 8.13. The van der Waals surface area contributed by atoms with Gasteiger partial charge in [0, 0.05) is 12.6 Å². The highest BCUT2D eigenvalue weighted by molar-refractivity contribution is 7.18. The summed E-state index contributed by atoms with van der Waals surface area (Å²) in [6.07, 6.45) is 1.43. The average Bonchev–Trinajstić information content (AvgIpc) is 3.33. The van der Waals surface area contributed by atoms with Gasteiger partial charge in [0.1, 0.15) is 5.52 Å². The molecular formula is C19H15N3O4S. The molecule has 0 atom stereocenters. The second-order valence-electron chi connectivity index (χ2n) is 5.92. The van der Waals surface area contributed by atoms with E-state index in [2.05, 4.69) is 15.6 Å². The first-order valence-corrected chi connectivity index (χ1v) is 8.95. The second-order valence-corrected chi connectivity index (χ2v) is 6.98. The maximum atomic E-state index is 12.6. The van der Waals surface area contributed by atoms with Crippen LogP contribution in [0.15, 0.2) is 51.5 Å². The van der Waals surface area contributed by atoms with Crippen LogP contribution in [0.25, 0.3) is 11.1 Å². The van der Waals surface area contributed by atoms with Crippen molar-refractivity contribution in [3.63, 3.8) is 0 Å². The summed E-state index contributed by atoms with van der Waals surface area (Å²) in [4.78, 5) is 29.5. The summed E-state index contributed by atoms with van der Waals surface area (Å²) >= 11 is 1.20. The molecule has 0 aliphatic carbocycles. The smallest absolute Gasteiger partial charge is 0.291 e. The lowest BCUT2D eigenvalue weighted by Crippen LogP contribution is -2.11. The Hall–Kier alpha value is -3.39. The molecule has 8 heteroatoms. The Morgan fingerprint density at radius 2 is 1.93 bits per heavy atom. The van der Waals surface area contributed by atoms with Crippen molar-refractivity contribution in [1.82, 2.24) is 4.98 Å². The lowest BCUT2D eigenvalue weighted by atomic mass is 10.2. The van der Waals surface area contributed by atoms with E-state index in [4.69, 9.17) is 8.83 Å². The Labute approximate surface area is 158 Å². The highest BCUT2D eigenvalue weighted by Gasteiger charge is 2.17. The number of aromatic nitrogens is 1. The molecule has 0 spiro atoms. The van der Waals surface area contributed by atoms with E-state index in [1.165, 1.54) is 17.6 Å². The van der Waals surface area contributed by atoms with Gasteiger partial charge in [0.25, 0.3) is 11.8 Å². The highest BCUT2D eigenvalue weighted by Crippen LogP contribution is 2.28. The van der Waals surface area contributed by atoms with Crippen LogP contribution in [-0.2, 0) is 0 Å². The lowest BCUT2D eigenvalue weighted by molar-refractivity contribution is 0.0995. The minimum atomic E-state index is -0.361. The van der Waals surface area contributed by atoms with Gasteiger partial charge in [-0.3, -0.25) is 9.59 Å². The van der Waals surface area contributed by atoms with Gasteiger partial charge >= 0.3 is 0 Å². The molecule has 4 rings (SSSR count). The van der Waals surface area contributed by atoms with Crippen LogP contribution in [0.5, 0.6) is 0 Å². The first-order chi connectivity index (χ1) is 13.0. The number of thiophene rings is 1. The maximum Gasteiger partial charge on any atom is 0.291 e. The van der Waals surface area contributed by atoms with Crippen molar-refractivity contribution in [3.8, 4) is 0 Å². The molecule has 0 aliphatic rings. The predicted molar refractivity (Wildman–Crippen MR) is 102 cm³/mol. The van der Waals surface area contributed by atoms with Crippen molar-refractivity contribution < 1.29 is 18.4 Å². The van der Waals surface area contributed by atoms with E-state index in [0.717, 1.165) is 5.56 Å². The van der Waals surface area contributed by atoms with E-state index in [1.54, 1.807) is 43.3 Å². The summed E-state index contributed by atoms with van der Waals surface area (Å²) in [6.45, 7) is 3.59. The molecule has 0 saturated heterocycles. The van der Waals surface area contributed by atoms with Crippen LogP contribution in [0.1, 0.15) is 31.7 Å². The molecule has 0 bridgehead atoms. The van der Waals surface area contributed by atoms with Gasteiger partial charge in [-0.1, -0.05) is 0 Å². The average molecular weight is 381 g/mol. The van der Waals surface area contributed by atoms with E-state index in [1.807, 2.05) is 6.92 Å². The number of nitrogens with one attached hydrogen (secondary N) is 2. The van der Waals surface area contributed by atoms with Gasteiger partial charge in [-0.05, 0) is 48.9 Å². The number of rotatable bonds is 4. The molecule has 0 aliphatic heterocycles. The van der Waals surface area contributed by atoms with E-state index in [0.29, 0.717) is 32.6 Å². The molecule has 0 radical (unpaired) electrons. The van der Waals surface area contributed by atoms with Crippen LogP contribution < -0.4 is 10.6 Å². The number of oxazole rings is 1. The number of anilines is 2. The minimum absolute atomic E-state index is 0.211. The van der Waals surface area contributed by atoms with Gasteiger partial charge in [0.2, 0.25) is 0 Å². The molecule has 1 aromatic carbocycles. The Morgan fingerprint density at radius 3 is 2.70 bits per heavy atom. The zero-order valence-corrected chi connectivity index (χ0v) is 15.3. The molecule has 0 fully saturated rings. The Morgan fingerprint density at radius 1 is 1.07 bits per heavy atom. The Kier molecular flexibility index (Phi) is 4.25. The van der Waals surface area contributed by atoms with Crippen LogP contribution >= 0.6 is 11.3 Å². The van der Waals surface area contributed by atoms with Crippen molar-refractivity contribution in [2.45, 2.75) is 13.8 Å². The number of aryl methyl sites for hydroxylation is 2. The van der Waals surface area contributed by atoms with E-state index in [9.17, 15) is 9.59 Å². The first kappa shape index (κ1) is 17.0. The monoisotopic (exact) mass is 381 g/mol. The number of amides is 2. The fraction of sp³-hybridized carbons (Fsp3) is 0.105. The summed E-state index contributed by atoms with van der Waals surface area (Å²) < 4.78 is 10.5. The van der Waals surface area contributed by atoms with Crippen LogP contribution in [0.3, 0.4) is 0 Å². The van der Waals surface area contributed by atoms with E-state index < -0.39 is 0 Å². The number of carbonyl (C=O) groups excluding carboxylic acids is 2. The van der Waals surface area contributed by atoms with E-state index in [-0.39, 0.29) is 17.6 Å². The largest absolute Gasteiger partial charge is 0.459 e. The molecule has 7 nitrogen and oxygen atoms in total. The van der Waals surface area contributed by atoms with Crippen molar-refractivity contribution >= 4 is 44.9 Å². The van der Waals surface area contributed by atoms with Crippen LogP contribution in [0, 0.1) is 13.8 Å². The third-order valence-electron chi connectivity index (χ3n) is 3.86. The molecule has 2 amide bonds. The molecule has 4 aromatic rings. The van der Waals surface area contributed by atoms with Gasteiger partial charge in [0.05, 0.1) is 16.1 Å². The van der Waals surface area contributed by atoms with Gasteiger partial charge < -0.3 is 19.5 Å². The fourth-order valence-corrected chi connectivity index (χ4v) is 3.62. The second kappa shape index (κ2) is 6.73. The number of benzene rings is 1. The summed E-state index contributed by atoms with van der Waals surface area (Å²) in [5, 5.41) is 6.16. The summed E-state index contributed by atoms with van der Waals surface area (Å²) in [7, 11) is 0. The SMILES string of the molecule is Cc1nc2cc(NC(=O)c3sc(NC(=O)c4ccco4)cc3C)ccc2o1. The molecule has 27 heavy (non-hydrogen) atoms. The summed E-state index contributed by atoms with van der Waals surface area (Å²) in [5.41, 5.74) is 2.74. The quantitative estimate of drug-likeness (QED) is 0.538.